The number of aromatic carboxylic acids is 1. The molecule has 8 heteroatoms. The molecule has 0 aliphatic carbocycles. The van der Waals surface area contributed by atoms with Crippen LogP contribution in [0.4, 0.5) is 0 Å². The van der Waals surface area contributed by atoms with Gasteiger partial charge in [0.05, 0.1) is 26.4 Å². The second-order valence-corrected chi connectivity index (χ2v) is 5.38. The van der Waals surface area contributed by atoms with Crippen LogP contribution in [-0.4, -0.2) is 53.3 Å². The monoisotopic (exact) mass is 364 g/mol. The Bertz CT molecular complexity index is 774. The Hall–Kier alpha value is -2.81. The van der Waals surface area contributed by atoms with Crippen LogP contribution in [0.3, 0.4) is 0 Å². The predicted octanol–water partition coefficient (Wildman–Crippen LogP) is 1.58. The molecule has 0 amide bonds. The molecule has 0 heterocycles. The highest BCUT2D eigenvalue weighted by molar-refractivity contribution is 5.88. The largest absolute Gasteiger partial charge is 0.493 e. The molecule has 0 saturated carbocycles. The van der Waals surface area contributed by atoms with E-state index in [2.05, 4.69) is 0 Å². The zero-order chi connectivity index (χ0) is 19.3. The molecule has 0 aromatic heterocycles. The summed E-state index contributed by atoms with van der Waals surface area (Å²) in [7, 11) is 2.80. The molecule has 0 radical (unpaired) electrons. The molecular formula is C18H20O8. The second kappa shape index (κ2) is 8.52. The average Bonchev–Trinajstić information content (AvgIpc) is 2.67. The van der Waals surface area contributed by atoms with Crippen LogP contribution in [0, 0.1) is 0 Å². The lowest BCUT2D eigenvalue weighted by Crippen LogP contribution is -2.22. The van der Waals surface area contributed by atoms with E-state index in [0.29, 0.717) is 11.3 Å². The number of aliphatic hydroxyl groups is 3. The summed E-state index contributed by atoms with van der Waals surface area (Å²) in [5.41, 5.74) is 0.390. The molecule has 0 spiro atoms. The number of carbonyl (C=O) groups is 1. The smallest absolute Gasteiger partial charge is 0.335 e. The number of aliphatic hydroxyl groups excluding tert-OH is 3. The molecule has 140 valence electrons. The van der Waals surface area contributed by atoms with Gasteiger partial charge in [-0.05, 0) is 35.9 Å². The Labute approximate surface area is 149 Å². The molecule has 2 aromatic carbocycles. The third kappa shape index (κ3) is 4.23. The minimum atomic E-state index is -1.32. The first-order valence-corrected chi connectivity index (χ1v) is 7.65. The van der Waals surface area contributed by atoms with Gasteiger partial charge in [0.1, 0.15) is 12.2 Å². The van der Waals surface area contributed by atoms with Gasteiger partial charge in [-0.2, -0.15) is 0 Å². The summed E-state index contributed by atoms with van der Waals surface area (Å²) in [5, 5.41) is 37.5. The van der Waals surface area contributed by atoms with E-state index in [1.165, 1.54) is 50.6 Å². The van der Waals surface area contributed by atoms with Crippen molar-refractivity contribution in [2.75, 3.05) is 20.8 Å². The van der Waals surface area contributed by atoms with Gasteiger partial charge < -0.3 is 34.6 Å². The quantitative estimate of drug-likeness (QED) is 0.556. The SMILES string of the molecule is COc1cc(C(=O)O)ccc1Oc1ccc([C@H](O)[C@H](O)CO)cc1OC. The predicted molar refractivity (Wildman–Crippen MR) is 91.1 cm³/mol. The molecular weight excluding hydrogens is 344 g/mol. The van der Waals surface area contributed by atoms with Crippen LogP contribution in [-0.2, 0) is 0 Å². The van der Waals surface area contributed by atoms with E-state index in [1.54, 1.807) is 0 Å². The van der Waals surface area contributed by atoms with Crippen LogP contribution >= 0.6 is 0 Å². The highest BCUT2D eigenvalue weighted by Crippen LogP contribution is 2.38. The number of carboxylic acids is 1. The molecule has 0 fully saturated rings. The van der Waals surface area contributed by atoms with E-state index in [4.69, 9.17) is 24.4 Å². The molecule has 26 heavy (non-hydrogen) atoms. The number of hydrogen-bond acceptors (Lipinski definition) is 7. The molecule has 2 rings (SSSR count). The number of hydrogen-bond donors (Lipinski definition) is 4. The Balaban J connectivity index is 2.33. The minimum Gasteiger partial charge on any atom is -0.493 e. The van der Waals surface area contributed by atoms with Gasteiger partial charge >= 0.3 is 5.97 Å². The standard InChI is InChI=1S/C18H20O8/c1-24-15-7-10(17(21)12(20)9-19)3-5-13(15)26-14-6-4-11(18(22)23)8-16(14)25-2/h3-8,12,17,19-21H,9H2,1-2H3,(H,22,23)/t12-,17+/m1/s1. The van der Waals surface area contributed by atoms with Gasteiger partial charge in [-0.3, -0.25) is 0 Å². The summed E-state index contributed by atoms with van der Waals surface area (Å²) in [5.74, 6) is -0.0150. The summed E-state index contributed by atoms with van der Waals surface area (Å²) < 4.78 is 16.1. The Morgan fingerprint density at radius 2 is 1.54 bits per heavy atom. The third-order valence-corrected chi connectivity index (χ3v) is 3.71. The molecule has 4 N–H and O–H groups in total. The molecule has 8 nitrogen and oxygen atoms in total. The van der Waals surface area contributed by atoms with Crippen molar-refractivity contribution < 1.29 is 39.4 Å². The number of methoxy groups -OCH3 is 2. The van der Waals surface area contributed by atoms with Crippen LogP contribution in [0.1, 0.15) is 22.0 Å². The van der Waals surface area contributed by atoms with Gasteiger partial charge in [0.2, 0.25) is 0 Å². The van der Waals surface area contributed by atoms with E-state index < -0.39 is 24.8 Å². The fraction of sp³-hybridized carbons (Fsp3) is 0.278. The fourth-order valence-electron chi connectivity index (χ4n) is 2.28. The van der Waals surface area contributed by atoms with Gasteiger partial charge in [0, 0.05) is 0 Å². The Morgan fingerprint density at radius 3 is 2.08 bits per heavy atom. The normalized spacial score (nSPS) is 13.0. The molecule has 2 aromatic rings. The van der Waals surface area contributed by atoms with Crippen LogP contribution in [0.15, 0.2) is 36.4 Å². The molecule has 0 unspecified atom stereocenters. The van der Waals surface area contributed by atoms with Crippen LogP contribution in [0.25, 0.3) is 0 Å². The van der Waals surface area contributed by atoms with Crippen molar-refractivity contribution >= 4 is 5.97 Å². The highest BCUT2D eigenvalue weighted by atomic mass is 16.5. The van der Waals surface area contributed by atoms with Gasteiger partial charge in [-0.25, -0.2) is 4.79 Å². The van der Waals surface area contributed by atoms with Crippen molar-refractivity contribution in [2.24, 2.45) is 0 Å². The van der Waals surface area contributed by atoms with E-state index in [9.17, 15) is 15.0 Å². The van der Waals surface area contributed by atoms with Crippen LogP contribution < -0.4 is 14.2 Å². The Kier molecular flexibility index (Phi) is 6.40. The summed E-state index contributed by atoms with van der Waals surface area (Å²) >= 11 is 0. The van der Waals surface area contributed by atoms with Crippen LogP contribution in [0.2, 0.25) is 0 Å². The topological polar surface area (TPSA) is 126 Å². The maximum atomic E-state index is 11.0. The van der Waals surface area contributed by atoms with Gasteiger partial charge in [-0.1, -0.05) is 6.07 Å². The molecule has 0 aliphatic rings. The van der Waals surface area contributed by atoms with Crippen molar-refractivity contribution in [3.05, 3.63) is 47.5 Å². The molecule has 0 aliphatic heterocycles. The maximum Gasteiger partial charge on any atom is 0.335 e. The Morgan fingerprint density at radius 1 is 0.962 bits per heavy atom. The first-order chi connectivity index (χ1) is 12.4. The van der Waals surface area contributed by atoms with Crippen molar-refractivity contribution in [3.63, 3.8) is 0 Å². The van der Waals surface area contributed by atoms with Crippen molar-refractivity contribution in [1.29, 1.82) is 0 Å². The number of benzene rings is 2. The number of ether oxygens (including phenoxy) is 3. The van der Waals surface area contributed by atoms with Crippen molar-refractivity contribution in [2.45, 2.75) is 12.2 Å². The lowest BCUT2D eigenvalue weighted by molar-refractivity contribution is -0.0153. The van der Waals surface area contributed by atoms with E-state index >= 15 is 0 Å². The highest BCUT2D eigenvalue weighted by Gasteiger charge is 2.20. The van der Waals surface area contributed by atoms with Gasteiger partial charge in [-0.15, -0.1) is 0 Å². The molecule has 0 bridgehead atoms. The summed E-state index contributed by atoms with van der Waals surface area (Å²) in [6.45, 7) is -0.588. The van der Waals surface area contributed by atoms with Gasteiger partial charge in [0.25, 0.3) is 0 Å². The number of rotatable bonds is 8. The lowest BCUT2D eigenvalue weighted by atomic mass is 10.0. The van der Waals surface area contributed by atoms with Crippen LogP contribution in [0.5, 0.6) is 23.0 Å². The van der Waals surface area contributed by atoms with E-state index in [1.807, 2.05) is 0 Å². The average molecular weight is 364 g/mol. The maximum absolute atomic E-state index is 11.0. The zero-order valence-corrected chi connectivity index (χ0v) is 14.2. The van der Waals surface area contributed by atoms with E-state index in [-0.39, 0.29) is 22.8 Å². The van der Waals surface area contributed by atoms with E-state index in [0.717, 1.165) is 0 Å². The first-order valence-electron chi connectivity index (χ1n) is 7.65. The summed E-state index contributed by atoms with van der Waals surface area (Å²) in [6.07, 6.45) is -2.61. The second-order valence-electron chi connectivity index (χ2n) is 5.38. The minimum absolute atomic E-state index is 0.0534. The van der Waals surface area contributed by atoms with Crippen molar-refractivity contribution in [1.82, 2.24) is 0 Å². The van der Waals surface area contributed by atoms with Crippen molar-refractivity contribution in [3.8, 4) is 23.0 Å². The molecule has 2 atom stereocenters. The number of carboxylic acid groups (broad SMARTS) is 1. The fourth-order valence-corrected chi connectivity index (χ4v) is 2.28. The third-order valence-electron chi connectivity index (χ3n) is 3.71. The summed E-state index contributed by atoms with van der Waals surface area (Å²) in [4.78, 5) is 11.0. The first kappa shape index (κ1) is 19.5. The summed E-state index contributed by atoms with van der Waals surface area (Å²) in [6, 6.07) is 8.67. The zero-order valence-electron chi connectivity index (χ0n) is 14.2. The molecule has 0 saturated heterocycles. The van der Waals surface area contributed by atoms with Gasteiger partial charge in [0.15, 0.2) is 23.0 Å². The lowest BCUT2D eigenvalue weighted by Gasteiger charge is -2.18.